The minimum Gasteiger partial charge on any atom is -0.490 e. The maximum Gasteiger partial charge on any atom is 0.311 e. The second-order valence-electron chi connectivity index (χ2n) is 8.97. The van der Waals surface area contributed by atoms with E-state index in [1.54, 1.807) is 6.07 Å². The summed E-state index contributed by atoms with van der Waals surface area (Å²) in [7, 11) is 1.39. The summed E-state index contributed by atoms with van der Waals surface area (Å²) in [6.07, 6.45) is 1.88. The molecule has 2 heterocycles. The number of nitro benzene ring substituents is 1. The molecule has 1 amide bonds. The Labute approximate surface area is 228 Å². The number of carbonyl (C=O) groups is 1. The fourth-order valence-corrected chi connectivity index (χ4v) is 4.91. The van der Waals surface area contributed by atoms with E-state index in [0.29, 0.717) is 48.1 Å². The van der Waals surface area contributed by atoms with Crippen molar-refractivity contribution in [3.8, 4) is 11.5 Å². The number of nitrogens with zero attached hydrogens (tertiary/aromatic N) is 4. The molecule has 2 aromatic carbocycles. The number of anilines is 1. The zero-order chi connectivity index (χ0) is 25.7. The van der Waals surface area contributed by atoms with Crippen molar-refractivity contribution in [2.75, 3.05) is 57.8 Å². The van der Waals surface area contributed by atoms with E-state index in [1.165, 1.54) is 19.2 Å². The highest BCUT2D eigenvalue weighted by molar-refractivity contribution is 6.42. The second kappa shape index (κ2) is 13.2. The molecule has 0 atom stereocenters. The Morgan fingerprint density at radius 2 is 1.73 bits per heavy atom. The molecule has 4 rings (SSSR count). The summed E-state index contributed by atoms with van der Waals surface area (Å²) < 4.78 is 11.1. The van der Waals surface area contributed by atoms with Gasteiger partial charge in [0.05, 0.1) is 22.1 Å². The summed E-state index contributed by atoms with van der Waals surface area (Å²) in [5.41, 5.74) is 0.971. The fraction of sp³-hybridized carbons (Fsp3) is 0.500. The maximum absolute atomic E-state index is 12.8. The van der Waals surface area contributed by atoms with Crippen molar-refractivity contribution in [1.29, 1.82) is 0 Å². The molecule has 202 valence electrons. The Morgan fingerprint density at radius 3 is 2.35 bits per heavy atom. The fourth-order valence-electron chi connectivity index (χ4n) is 4.62. The number of hydrogen-bond donors (Lipinski definition) is 0. The Morgan fingerprint density at radius 1 is 1.03 bits per heavy atom. The minimum absolute atomic E-state index is 0. The first-order valence-electron chi connectivity index (χ1n) is 12.0. The normalized spacial score (nSPS) is 16.7. The number of ether oxygens (including phenoxy) is 2. The summed E-state index contributed by atoms with van der Waals surface area (Å²) in [6.45, 7) is 5.55. The number of amides is 1. The molecule has 2 saturated heterocycles. The minimum atomic E-state index is -0.484. The number of nitro groups is 1. The first-order valence-corrected chi connectivity index (χ1v) is 12.8. The largest absolute Gasteiger partial charge is 0.490 e. The highest BCUT2D eigenvalue weighted by atomic mass is 35.5. The van der Waals surface area contributed by atoms with Gasteiger partial charge in [-0.1, -0.05) is 30.6 Å². The number of benzene rings is 2. The van der Waals surface area contributed by atoms with Gasteiger partial charge in [-0.15, -0.1) is 0 Å². The predicted octanol–water partition coefficient (Wildman–Crippen LogP) is 5.13. The van der Waals surface area contributed by atoms with Crippen LogP contribution in [0.5, 0.6) is 11.5 Å². The van der Waals surface area contributed by atoms with Crippen LogP contribution in [0.3, 0.4) is 0 Å². The van der Waals surface area contributed by atoms with E-state index in [2.05, 4.69) is 9.80 Å². The number of methoxy groups -OCH3 is 1. The highest BCUT2D eigenvalue weighted by Crippen LogP contribution is 2.32. The molecule has 37 heavy (non-hydrogen) atoms. The van der Waals surface area contributed by atoms with Crippen molar-refractivity contribution in [3.63, 3.8) is 0 Å². The summed E-state index contributed by atoms with van der Waals surface area (Å²) in [5.74, 6) is 0.863. The number of hydrogen-bond acceptors (Lipinski definition) is 7. The molecule has 9 nitrogen and oxygen atoms in total. The van der Waals surface area contributed by atoms with Gasteiger partial charge in [-0.2, -0.15) is 0 Å². The lowest BCUT2D eigenvalue weighted by molar-refractivity contribution is -0.385. The molecule has 0 N–H and O–H groups in total. The number of carbonyl (C=O) groups excluding carboxylic acids is 1. The van der Waals surface area contributed by atoms with Crippen LogP contribution in [0.1, 0.15) is 26.7 Å². The molecule has 2 aromatic rings. The van der Waals surface area contributed by atoms with Gasteiger partial charge < -0.3 is 19.3 Å². The third kappa shape index (κ3) is 7.40. The number of piperazine rings is 1. The molecule has 11 heteroatoms. The Kier molecular flexibility index (Phi) is 10.3. The molecule has 0 bridgehead atoms. The first-order chi connectivity index (χ1) is 17.3. The molecule has 0 unspecified atom stereocenters. The Hall–Kier alpha value is -2.75. The predicted molar refractivity (Wildman–Crippen MR) is 146 cm³/mol. The van der Waals surface area contributed by atoms with Gasteiger partial charge in [-0.3, -0.25) is 19.8 Å². The van der Waals surface area contributed by atoms with Crippen LogP contribution >= 0.6 is 23.2 Å². The van der Waals surface area contributed by atoms with E-state index >= 15 is 0 Å². The zero-order valence-electron chi connectivity index (χ0n) is 20.2. The lowest BCUT2D eigenvalue weighted by Gasteiger charge is -2.37. The van der Waals surface area contributed by atoms with Crippen molar-refractivity contribution in [2.24, 2.45) is 0 Å². The van der Waals surface area contributed by atoms with E-state index < -0.39 is 4.92 Å². The standard InChI is InChI=1S/C25H30Cl2N4O5.CH4/c1-35-24-17-20(3-5-23(24)31(33)34)36-19-6-10-30(11-7-19)25(32)8-9-28-12-14-29(15-13-28)18-2-4-21(26)22(27)16-18;/h2-5,16-17,19H,6-15H2,1H3;1H4. The average molecular weight is 553 g/mol. The van der Waals surface area contributed by atoms with Crippen molar-refractivity contribution in [2.45, 2.75) is 32.8 Å². The summed E-state index contributed by atoms with van der Waals surface area (Å²) >= 11 is 12.2. The van der Waals surface area contributed by atoms with Crippen molar-refractivity contribution in [1.82, 2.24) is 9.80 Å². The first kappa shape index (κ1) is 28.8. The summed E-state index contributed by atoms with van der Waals surface area (Å²) in [4.78, 5) is 29.9. The molecule has 0 aliphatic carbocycles. The summed E-state index contributed by atoms with van der Waals surface area (Å²) in [6, 6.07) is 10.2. The van der Waals surface area contributed by atoms with E-state index in [9.17, 15) is 14.9 Å². The molecule has 0 radical (unpaired) electrons. The SMILES string of the molecule is C.COc1cc(OC2CCN(C(=O)CCN3CCN(c4ccc(Cl)c(Cl)c4)CC3)CC2)ccc1[N+](=O)[O-]. The van der Waals surface area contributed by atoms with Crippen LogP contribution < -0.4 is 14.4 Å². The van der Waals surface area contributed by atoms with Crippen molar-refractivity contribution in [3.05, 3.63) is 56.6 Å². The summed E-state index contributed by atoms with van der Waals surface area (Å²) in [5, 5.41) is 12.2. The van der Waals surface area contributed by atoms with Gasteiger partial charge in [0.25, 0.3) is 0 Å². The average Bonchev–Trinajstić information content (AvgIpc) is 2.89. The van der Waals surface area contributed by atoms with Crippen LogP contribution in [0.25, 0.3) is 0 Å². The van der Waals surface area contributed by atoms with Crippen LogP contribution in [0.15, 0.2) is 36.4 Å². The number of piperidine rings is 1. The van der Waals surface area contributed by atoms with Gasteiger partial charge in [0, 0.05) is 82.9 Å². The Bertz CT molecular complexity index is 1090. The van der Waals surface area contributed by atoms with Gasteiger partial charge >= 0.3 is 5.69 Å². The highest BCUT2D eigenvalue weighted by Gasteiger charge is 2.26. The molecule has 0 aromatic heterocycles. The molecule has 0 saturated carbocycles. The van der Waals surface area contributed by atoms with E-state index in [-0.39, 0.29) is 30.9 Å². The van der Waals surface area contributed by atoms with Gasteiger partial charge in [-0.05, 0) is 24.3 Å². The third-order valence-electron chi connectivity index (χ3n) is 6.73. The smallest absolute Gasteiger partial charge is 0.311 e. The van der Waals surface area contributed by atoms with E-state index in [0.717, 1.165) is 38.4 Å². The van der Waals surface area contributed by atoms with E-state index in [1.807, 2.05) is 23.1 Å². The second-order valence-corrected chi connectivity index (χ2v) is 9.78. The zero-order valence-corrected chi connectivity index (χ0v) is 21.7. The monoisotopic (exact) mass is 552 g/mol. The number of rotatable bonds is 8. The van der Waals surface area contributed by atoms with Crippen LogP contribution in [0.2, 0.25) is 10.0 Å². The molecular formula is C26H34Cl2N4O5. The Balaban J connectivity index is 0.00000380. The van der Waals surface area contributed by atoms with Crippen LogP contribution in [0, 0.1) is 10.1 Å². The maximum atomic E-state index is 12.8. The van der Waals surface area contributed by atoms with Gasteiger partial charge in [0.1, 0.15) is 11.9 Å². The molecular weight excluding hydrogens is 519 g/mol. The number of likely N-dealkylation sites (tertiary alicyclic amines) is 1. The van der Waals surface area contributed by atoms with Crippen molar-refractivity contribution < 1.29 is 19.2 Å². The van der Waals surface area contributed by atoms with Gasteiger partial charge in [-0.25, -0.2) is 0 Å². The molecule has 2 aliphatic rings. The lowest BCUT2D eigenvalue weighted by Crippen LogP contribution is -2.48. The van der Waals surface area contributed by atoms with Crippen molar-refractivity contribution >= 4 is 40.5 Å². The molecule has 2 aliphatic heterocycles. The van der Waals surface area contributed by atoms with Gasteiger partial charge in [0.2, 0.25) is 11.7 Å². The van der Waals surface area contributed by atoms with Crippen LogP contribution in [-0.4, -0.2) is 79.7 Å². The quantitative estimate of drug-likeness (QED) is 0.331. The lowest BCUT2D eigenvalue weighted by atomic mass is 10.1. The van der Waals surface area contributed by atoms with Crippen LogP contribution in [0.4, 0.5) is 11.4 Å². The van der Waals surface area contributed by atoms with E-state index in [4.69, 9.17) is 32.7 Å². The van der Waals surface area contributed by atoms with Crippen LogP contribution in [-0.2, 0) is 4.79 Å². The van der Waals surface area contributed by atoms with Gasteiger partial charge in [0.15, 0.2) is 0 Å². The topological polar surface area (TPSA) is 88.4 Å². The molecule has 0 spiro atoms. The molecule has 2 fully saturated rings. The third-order valence-corrected chi connectivity index (χ3v) is 7.47. The number of halogens is 2.